The molecule has 0 amide bonds. The predicted octanol–water partition coefficient (Wildman–Crippen LogP) is 17.1. The third-order valence-corrected chi connectivity index (χ3v) is 15.1. The van der Waals surface area contributed by atoms with Gasteiger partial charge < -0.3 is 4.90 Å². The van der Waals surface area contributed by atoms with Crippen LogP contribution in [0.15, 0.2) is 200 Å². The minimum absolute atomic E-state index is 0.0498. The van der Waals surface area contributed by atoms with Crippen LogP contribution in [0.3, 0.4) is 0 Å². The average molecular weight is 822 g/mol. The molecule has 1 nitrogen and oxygen atoms in total. The Morgan fingerprint density at radius 3 is 0.938 bits per heavy atom. The summed E-state index contributed by atoms with van der Waals surface area (Å²) in [4.78, 5) is 2.43. The highest BCUT2D eigenvalue weighted by Crippen LogP contribution is 2.53. The number of anilines is 3. The normalized spacial score (nSPS) is 15.1. The van der Waals surface area contributed by atoms with Gasteiger partial charge in [-0.05, 0) is 155 Å². The van der Waals surface area contributed by atoms with Crippen molar-refractivity contribution >= 4 is 17.1 Å². The molecule has 0 unspecified atom stereocenters. The van der Waals surface area contributed by atoms with Gasteiger partial charge in [-0.25, -0.2) is 0 Å². The van der Waals surface area contributed by atoms with Crippen LogP contribution < -0.4 is 4.90 Å². The van der Waals surface area contributed by atoms with Gasteiger partial charge >= 0.3 is 0 Å². The van der Waals surface area contributed by atoms with Crippen LogP contribution in [-0.4, -0.2) is 0 Å². The van der Waals surface area contributed by atoms with Gasteiger partial charge in [-0.1, -0.05) is 187 Å². The number of benzene rings is 9. The third kappa shape index (κ3) is 5.70. The Hall–Kier alpha value is -7.22. The molecule has 1 heteroatoms. The van der Waals surface area contributed by atoms with Crippen molar-refractivity contribution in [3.63, 3.8) is 0 Å². The summed E-state index contributed by atoms with van der Waals surface area (Å²) in [5.41, 5.74) is 26.9. The van der Waals surface area contributed by atoms with Crippen LogP contribution in [0.25, 0.3) is 66.8 Å². The molecule has 9 aromatic rings. The van der Waals surface area contributed by atoms with E-state index in [1.165, 1.54) is 100 Å². The molecule has 0 heterocycles. The number of rotatable bonds is 6. The van der Waals surface area contributed by atoms with E-state index in [0.717, 1.165) is 17.1 Å². The first-order valence-corrected chi connectivity index (χ1v) is 22.8. The summed E-state index contributed by atoms with van der Waals surface area (Å²) in [6.07, 6.45) is 0. The summed E-state index contributed by atoms with van der Waals surface area (Å²) in [5, 5.41) is 0. The summed E-state index contributed by atoms with van der Waals surface area (Å²) in [6.45, 7) is 14.2. The second-order valence-corrected chi connectivity index (χ2v) is 19.8. The maximum absolute atomic E-state index is 2.43. The van der Waals surface area contributed by atoms with Crippen LogP contribution in [-0.2, 0) is 16.2 Å². The Bertz CT molecular complexity index is 3210. The molecule has 0 bridgehead atoms. The smallest absolute Gasteiger partial charge is 0.0467 e. The van der Waals surface area contributed by atoms with Gasteiger partial charge in [-0.15, -0.1) is 0 Å². The first-order valence-electron chi connectivity index (χ1n) is 22.8. The molecular weight excluding hydrogens is 771 g/mol. The maximum Gasteiger partial charge on any atom is 0.0467 e. The molecule has 308 valence electrons. The first-order chi connectivity index (χ1) is 31.0. The van der Waals surface area contributed by atoms with E-state index in [9.17, 15) is 0 Å². The van der Waals surface area contributed by atoms with Gasteiger partial charge in [0.05, 0.1) is 0 Å². The van der Waals surface area contributed by atoms with E-state index in [0.29, 0.717) is 0 Å². The summed E-state index contributed by atoms with van der Waals surface area (Å²) in [5.74, 6) is 0. The van der Waals surface area contributed by atoms with E-state index < -0.39 is 0 Å². The van der Waals surface area contributed by atoms with Crippen molar-refractivity contribution < 1.29 is 0 Å². The van der Waals surface area contributed by atoms with Crippen molar-refractivity contribution in [1.82, 2.24) is 0 Å². The minimum Gasteiger partial charge on any atom is -0.310 e. The molecule has 9 aromatic carbocycles. The molecule has 0 saturated carbocycles. The standard InChI is InChI=1S/C63H51N/c1-61(2)55-22-10-7-19-49(55)52-32-27-43(37-58(52)61)40-25-30-46(31-26-40)64(47-17-13-15-41(35-47)44-28-33-53-50-20-8-11-23-56(50)62(3,4)59(53)38-44)48-18-14-16-42(36-48)45-29-34-54-51-21-9-12-24-57(51)63(5,6)60(54)39-45/h7-39H,1-6H3. The van der Waals surface area contributed by atoms with E-state index in [4.69, 9.17) is 0 Å². The number of nitrogens with zero attached hydrogens (tertiary/aromatic N) is 1. The fourth-order valence-corrected chi connectivity index (χ4v) is 11.6. The summed E-state index contributed by atoms with van der Waals surface area (Å²) >= 11 is 0. The Labute approximate surface area is 378 Å². The van der Waals surface area contributed by atoms with Gasteiger partial charge in [0.1, 0.15) is 0 Å². The monoisotopic (exact) mass is 821 g/mol. The molecule has 12 rings (SSSR count). The van der Waals surface area contributed by atoms with Crippen LogP contribution in [0.1, 0.15) is 74.9 Å². The van der Waals surface area contributed by atoms with Crippen molar-refractivity contribution in [1.29, 1.82) is 0 Å². The summed E-state index contributed by atoms with van der Waals surface area (Å²) in [7, 11) is 0. The van der Waals surface area contributed by atoms with Crippen LogP contribution in [0, 0.1) is 0 Å². The fraction of sp³-hybridized carbons (Fsp3) is 0.143. The van der Waals surface area contributed by atoms with Crippen molar-refractivity contribution in [3.05, 3.63) is 234 Å². The zero-order chi connectivity index (χ0) is 43.5. The lowest BCUT2D eigenvalue weighted by atomic mass is 9.81. The van der Waals surface area contributed by atoms with E-state index in [-0.39, 0.29) is 16.2 Å². The van der Waals surface area contributed by atoms with Crippen molar-refractivity contribution in [2.24, 2.45) is 0 Å². The van der Waals surface area contributed by atoms with E-state index >= 15 is 0 Å². The molecule has 0 spiro atoms. The Kier molecular flexibility index (Phi) is 8.35. The van der Waals surface area contributed by atoms with Gasteiger partial charge in [0.25, 0.3) is 0 Å². The van der Waals surface area contributed by atoms with Crippen LogP contribution in [0.2, 0.25) is 0 Å². The molecule has 0 atom stereocenters. The molecule has 0 N–H and O–H groups in total. The Morgan fingerprint density at radius 1 is 0.234 bits per heavy atom. The van der Waals surface area contributed by atoms with E-state index in [1.54, 1.807) is 0 Å². The molecule has 3 aliphatic rings. The van der Waals surface area contributed by atoms with Gasteiger partial charge in [-0.3, -0.25) is 0 Å². The van der Waals surface area contributed by atoms with E-state index in [1.807, 2.05) is 0 Å². The topological polar surface area (TPSA) is 3.24 Å². The van der Waals surface area contributed by atoms with Crippen molar-refractivity contribution in [2.45, 2.75) is 57.8 Å². The molecule has 0 radical (unpaired) electrons. The minimum atomic E-state index is -0.0676. The average Bonchev–Trinajstić information content (AvgIpc) is 3.81. The van der Waals surface area contributed by atoms with Crippen LogP contribution >= 0.6 is 0 Å². The highest BCUT2D eigenvalue weighted by atomic mass is 15.1. The zero-order valence-electron chi connectivity index (χ0n) is 37.5. The van der Waals surface area contributed by atoms with E-state index in [2.05, 4.69) is 247 Å². The quantitative estimate of drug-likeness (QED) is 0.161. The Morgan fingerprint density at radius 2 is 0.547 bits per heavy atom. The third-order valence-electron chi connectivity index (χ3n) is 15.1. The van der Waals surface area contributed by atoms with Gasteiger partial charge in [0, 0.05) is 33.3 Å². The lowest BCUT2D eigenvalue weighted by molar-refractivity contribution is 0.660. The first kappa shape index (κ1) is 38.5. The summed E-state index contributed by atoms with van der Waals surface area (Å²) < 4.78 is 0. The highest BCUT2D eigenvalue weighted by molar-refractivity contribution is 5.89. The zero-order valence-corrected chi connectivity index (χ0v) is 37.5. The SMILES string of the molecule is CC1(C)c2ccccc2-c2ccc(-c3ccc(N(c4cccc(-c5ccc6c(c5)C(C)(C)c5ccccc5-6)c4)c4cccc(-c5ccc6c(c5)C(C)(C)c5ccccc5-6)c4)cc3)cc21. The predicted molar refractivity (Wildman–Crippen MR) is 270 cm³/mol. The molecule has 0 fully saturated rings. The van der Waals surface area contributed by atoms with Gasteiger partial charge in [0.2, 0.25) is 0 Å². The van der Waals surface area contributed by atoms with Crippen molar-refractivity contribution in [2.75, 3.05) is 4.90 Å². The molecule has 0 saturated heterocycles. The Balaban J connectivity index is 0.954. The molecule has 0 aliphatic heterocycles. The van der Waals surface area contributed by atoms with Crippen molar-refractivity contribution in [3.8, 4) is 66.8 Å². The van der Waals surface area contributed by atoms with Gasteiger partial charge in [-0.2, -0.15) is 0 Å². The molecule has 3 aliphatic carbocycles. The number of hydrogen-bond acceptors (Lipinski definition) is 1. The lowest BCUT2D eigenvalue weighted by Gasteiger charge is -2.27. The molecule has 64 heavy (non-hydrogen) atoms. The molecular formula is C63H51N. The fourth-order valence-electron chi connectivity index (χ4n) is 11.6. The largest absolute Gasteiger partial charge is 0.310 e. The second kappa shape index (κ2) is 13.9. The van der Waals surface area contributed by atoms with Crippen LogP contribution in [0.4, 0.5) is 17.1 Å². The second-order valence-electron chi connectivity index (χ2n) is 19.8. The highest BCUT2D eigenvalue weighted by Gasteiger charge is 2.37. The maximum atomic E-state index is 2.43. The van der Waals surface area contributed by atoms with Crippen LogP contribution in [0.5, 0.6) is 0 Å². The van der Waals surface area contributed by atoms with Gasteiger partial charge in [0.15, 0.2) is 0 Å². The molecule has 0 aromatic heterocycles. The number of fused-ring (bicyclic) bond motifs is 9. The summed E-state index contributed by atoms with van der Waals surface area (Å²) in [6, 6.07) is 75.2. The lowest BCUT2D eigenvalue weighted by Crippen LogP contribution is -2.15. The number of hydrogen-bond donors (Lipinski definition) is 0.